The summed E-state index contributed by atoms with van der Waals surface area (Å²) in [6, 6.07) is 6.39. The van der Waals surface area contributed by atoms with Gasteiger partial charge in [-0.15, -0.1) is 0 Å². The smallest absolute Gasteiger partial charge is 0.472 e. The molecular weight excluding hydrogens is 566 g/mol. The van der Waals surface area contributed by atoms with Gasteiger partial charge in [0, 0.05) is 12.7 Å². The Balaban J connectivity index is 1.82. The molecule has 0 radical (unpaired) electrons. The third-order valence-electron chi connectivity index (χ3n) is 4.31. The highest BCUT2D eigenvalue weighted by molar-refractivity contribution is 7.47. The van der Waals surface area contributed by atoms with Crippen molar-refractivity contribution in [1.82, 2.24) is 0 Å². The highest BCUT2D eigenvalue weighted by Crippen LogP contribution is 2.42. The van der Waals surface area contributed by atoms with Crippen LogP contribution in [0.3, 0.4) is 0 Å². The minimum atomic E-state index is -4.22. The Kier molecular flexibility index (Phi) is 20.5. The first-order valence-corrected chi connectivity index (χ1v) is 15.0. The molecule has 0 saturated carbocycles. The fourth-order valence-corrected chi connectivity index (χ4v) is 3.55. The number of aldehydes is 1. The number of carbonyl (C=O) groups is 1. The Hall–Kier alpha value is -1.29. The van der Waals surface area contributed by atoms with Gasteiger partial charge in [-0.1, -0.05) is 0 Å². The first kappa shape index (κ1) is 35.7. The summed E-state index contributed by atoms with van der Waals surface area (Å²) in [4.78, 5) is 29.2. The summed E-state index contributed by atoms with van der Waals surface area (Å²) >= 11 is 0. The molecule has 1 aromatic rings. The molecule has 1 rings (SSSR count). The zero-order chi connectivity index (χ0) is 28.7. The van der Waals surface area contributed by atoms with Crippen molar-refractivity contribution in [3.05, 3.63) is 29.8 Å². The molecule has 0 spiro atoms. The van der Waals surface area contributed by atoms with E-state index in [2.05, 4.69) is 9.05 Å². The second-order valence-electron chi connectivity index (χ2n) is 7.22. The van der Waals surface area contributed by atoms with Crippen LogP contribution in [0, 0.1) is 0 Å². The Morgan fingerprint density at radius 2 is 0.949 bits per heavy atom. The zero-order valence-electron chi connectivity index (χ0n) is 21.9. The standard InChI is InChI=1S/C22H38O15P2/c1-28-38(24,25)35-17-14-32-12-10-30-8-6-29-7-9-31-11-13-33-15-18-36-39(26,27)37-19-16-34-22-4-2-21(20-23)3-5-22/h2-5,20H,6-19H2,1H3,(H,24,25)(H,26,27). The van der Waals surface area contributed by atoms with Crippen LogP contribution < -0.4 is 4.74 Å². The normalized spacial score (nSPS) is 14.5. The minimum absolute atomic E-state index is 0.0270. The fraction of sp³-hybridized carbons (Fsp3) is 0.682. The van der Waals surface area contributed by atoms with Gasteiger partial charge in [0.2, 0.25) is 0 Å². The topological polar surface area (TPSA) is 184 Å². The van der Waals surface area contributed by atoms with E-state index in [1.54, 1.807) is 24.3 Å². The van der Waals surface area contributed by atoms with Crippen LogP contribution >= 0.6 is 15.6 Å². The number of benzene rings is 1. The molecule has 226 valence electrons. The summed E-state index contributed by atoms with van der Waals surface area (Å²) < 4.78 is 73.1. The molecule has 0 aliphatic carbocycles. The van der Waals surface area contributed by atoms with Crippen LogP contribution in [0.25, 0.3) is 0 Å². The van der Waals surface area contributed by atoms with Gasteiger partial charge in [0.1, 0.15) is 18.6 Å². The van der Waals surface area contributed by atoms with Crippen molar-refractivity contribution in [3.63, 3.8) is 0 Å². The Morgan fingerprint density at radius 3 is 1.33 bits per heavy atom. The first-order valence-electron chi connectivity index (χ1n) is 12.0. The van der Waals surface area contributed by atoms with E-state index < -0.39 is 15.6 Å². The SMILES string of the molecule is COP(=O)(O)OCCOCCOCCOCCOCCOCCOP(=O)(O)OCCOc1ccc(C=O)cc1. The molecule has 0 fully saturated rings. The lowest BCUT2D eigenvalue weighted by Gasteiger charge is -2.13. The molecule has 2 atom stereocenters. The average Bonchev–Trinajstić information content (AvgIpc) is 2.92. The van der Waals surface area contributed by atoms with Gasteiger partial charge in [-0.2, -0.15) is 0 Å². The summed E-state index contributed by atoms with van der Waals surface area (Å²) in [6.45, 7) is 2.60. The monoisotopic (exact) mass is 604 g/mol. The second-order valence-corrected chi connectivity index (χ2v) is 10.2. The molecule has 0 aliphatic heterocycles. The lowest BCUT2D eigenvalue weighted by molar-refractivity contribution is -0.0154. The summed E-state index contributed by atoms with van der Waals surface area (Å²) in [7, 11) is -7.11. The van der Waals surface area contributed by atoms with Gasteiger partial charge >= 0.3 is 15.6 Å². The van der Waals surface area contributed by atoms with Crippen molar-refractivity contribution < 1.29 is 70.2 Å². The number of ether oxygens (including phenoxy) is 6. The van der Waals surface area contributed by atoms with E-state index >= 15 is 0 Å². The number of carbonyl (C=O) groups excluding carboxylic acids is 1. The van der Waals surface area contributed by atoms with Gasteiger partial charge in [0.05, 0.1) is 85.9 Å². The van der Waals surface area contributed by atoms with Crippen LogP contribution in [0.1, 0.15) is 10.4 Å². The van der Waals surface area contributed by atoms with Crippen LogP contribution in [-0.4, -0.2) is 116 Å². The van der Waals surface area contributed by atoms with Crippen LogP contribution in [0.5, 0.6) is 5.75 Å². The molecule has 0 heterocycles. The van der Waals surface area contributed by atoms with E-state index in [1.807, 2.05) is 0 Å². The van der Waals surface area contributed by atoms with E-state index in [-0.39, 0.29) is 46.2 Å². The molecule has 0 saturated heterocycles. The molecule has 15 nitrogen and oxygen atoms in total. The van der Waals surface area contributed by atoms with Crippen molar-refractivity contribution in [2.24, 2.45) is 0 Å². The third-order valence-corrected chi connectivity index (χ3v) is 6.29. The lowest BCUT2D eigenvalue weighted by Crippen LogP contribution is -2.14. The Morgan fingerprint density at radius 1 is 0.590 bits per heavy atom. The summed E-state index contributed by atoms with van der Waals surface area (Å²) in [5.74, 6) is 0.499. The van der Waals surface area contributed by atoms with E-state index in [4.69, 9.17) is 42.4 Å². The number of hydrogen-bond acceptors (Lipinski definition) is 13. The van der Waals surface area contributed by atoms with Gasteiger partial charge in [-0.05, 0) is 24.3 Å². The molecule has 2 unspecified atom stereocenters. The molecular formula is C22H38O15P2. The van der Waals surface area contributed by atoms with Gasteiger partial charge in [0.25, 0.3) is 0 Å². The average molecular weight is 604 g/mol. The van der Waals surface area contributed by atoms with Gasteiger partial charge < -0.3 is 38.2 Å². The highest BCUT2D eigenvalue weighted by Gasteiger charge is 2.20. The molecule has 39 heavy (non-hydrogen) atoms. The predicted octanol–water partition coefficient (Wildman–Crippen LogP) is 1.86. The molecule has 1 aromatic carbocycles. The van der Waals surface area contributed by atoms with Crippen molar-refractivity contribution in [1.29, 1.82) is 0 Å². The second kappa shape index (κ2) is 22.4. The van der Waals surface area contributed by atoms with Gasteiger partial charge in [-0.3, -0.25) is 22.9 Å². The van der Waals surface area contributed by atoms with Crippen molar-refractivity contribution in [3.8, 4) is 5.75 Å². The van der Waals surface area contributed by atoms with E-state index in [9.17, 15) is 18.8 Å². The molecule has 0 aliphatic rings. The Labute approximate surface area is 227 Å². The zero-order valence-corrected chi connectivity index (χ0v) is 23.7. The maximum atomic E-state index is 11.8. The number of hydrogen-bond donors (Lipinski definition) is 2. The minimum Gasteiger partial charge on any atom is -0.491 e. The van der Waals surface area contributed by atoms with Crippen LogP contribution in [-0.2, 0) is 50.9 Å². The molecule has 2 N–H and O–H groups in total. The molecule has 0 bridgehead atoms. The maximum Gasteiger partial charge on any atom is 0.472 e. The third kappa shape index (κ3) is 21.2. The van der Waals surface area contributed by atoms with Crippen molar-refractivity contribution in [2.75, 3.05) is 99.6 Å². The van der Waals surface area contributed by atoms with E-state index in [0.717, 1.165) is 7.11 Å². The van der Waals surface area contributed by atoms with Gasteiger partial charge in [0.15, 0.2) is 0 Å². The van der Waals surface area contributed by atoms with Crippen LogP contribution in [0.15, 0.2) is 24.3 Å². The van der Waals surface area contributed by atoms with Gasteiger partial charge in [-0.25, -0.2) is 9.13 Å². The lowest BCUT2D eigenvalue weighted by atomic mass is 10.2. The predicted molar refractivity (Wildman–Crippen MR) is 136 cm³/mol. The van der Waals surface area contributed by atoms with E-state index in [0.29, 0.717) is 63.8 Å². The Bertz CT molecular complexity index is 839. The number of rotatable bonds is 27. The maximum absolute atomic E-state index is 11.8. The van der Waals surface area contributed by atoms with Crippen molar-refractivity contribution >= 4 is 21.9 Å². The summed E-state index contributed by atoms with van der Waals surface area (Å²) in [5.41, 5.74) is 0.515. The van der Waals surface area contributed by atoms with Crippen LogP contribution in [0.4, 0.5) is 0 Å². The fourth-order valence-electron chi connectivity index (χ4n) is 2.45. The quantitative estimate of drug-likeness (QED) is 0.0842. The van der Waals surface area contributed by atoms with Crippen LogP contribution in [0.2, 0.25) is 0 Å². The highest BCUT2D eigenvalue weighted by atomic mass is 31.2. The molecule has 0 amide bonds. The molecule has 0 aromatic heterocycles. The summed E-state index contributed by atoms with van der Waals surface area (Å²) in [6.07, 6.45) is 0.715. The molecule has 17 heteroatoms. The van der Waals surface area contributed by atoms with E-state index in [1.165, 1.54) is 0 Å². The van der Waals surface area contributed by atoms with Crippen molar-refractivity contribution in [2.45, 2.75) is 0 Å². The first-order chi connectivity index (χ1) is 18.8. The largest absolute Gasteiger partial charge is 0.491 e. The summed E-state index contributed by atoms with van der Waals surface area (Å²) in [5, 5.41) is 0. The number of phosphoric acid groups is 2. The number of phosphoric ester groups is 2.